The second-order valence-electron chi connectivity index (χ2n) is 5.77. The summed E-state index contributed by atoms with van der Waals surface area (Å²) in [7, 11) is 2.09. The molecule has 2 fully saturated rings. The molecule has 2 unspecified atom stereocenters. The molecule has 1 saturated carbocycles. The highest BCUT2D eigenvalue weighted by Gasteiger charge is 2.39. The molecule has 2 atom stereocenters. The van der Waals surface area contributed by atoms with Crippen molar-refractivity contribution in [1.29, 1.82) is 0 Å². The minimum absolute atomic E-state index is 0.880. The molecule has 1 N–H and O–H groups in total. The van der Waals surface area contributed by atoms with Crippen LogP contribution in [0.5, 0.6) is 0 Å². The molecular formula is C13H26N2. The molecule has 0 aromatic rings. The number of nitrogens with one attached hydrogen (secondary N) is 1. The topological polar surface area (TPSA) is 15.3 Å². The van der Waals surface area contributed by atoms with E-state index in [1.54, 1.807) is 0 Å². The summed E-state index contributed by atoms with van der Waals surface area (Å²) in [5.74, 6) is 2.77. The van der Waals surface area contributed by atoms with Crippen molar-refractivity contribution in [3.05, 3.63) is 0 Å². The molecule has 2 aliphatic rings. The third-order valence-electron chi connectivity index (χ3n) is 4.44. The van der Waals surface area contributed by atoms with Crippen LogP contribution in [0.4, 0.5) is 0 Å². The Labute approximate surface area is 94.4 Å². The molecule has 2 rings (SSSR count). The average molecular weight is 210 g/mol. The predicted octanol–water partition coefficient (Wildman–Crippen LogP) is 1.96. The van der Waals surface area contributed by atoms with Gasteiger partial charge in [0, 0.05) is 19.1 Å². The Morgan fingerprint density at radius 2 is 2.00 bits per heavy atom. The first-order valence-corrected chi connectivity index (χ1v) is 6.61. The van der Waals surface area contributed by atoms with Crippen LogP contribution in [0, 0.1) is 17.8 Å². The summed E-state index contributed by atoms with van der Waals surface area (Å²) in [5.41, 5.74) is 0. The molecule has 0 amide bonds. The van der Waals surface area contributed by atoms with E-state index in [0.717, 1.165) is 23.8 Å². The van der Waals surface area contributed by atoms with Gasteiger partial charge in [-0.2, -0.15) is 0 Å². The van der Waals surface area contributed by atoms with Crippen LogP contribution in [0.25, 0.3) is 0 Å². The molecule has 1 aliphatic heterocycles. The first-order valence-electron chi connectivity index (χ1n) is 6.61. The van der Waals surface area contributed by atoms with E-state index in [2.05, 4.69) is 31.1 Å². The van der Waals surface area contributed by atoms with Gasteiger partial charge < -0.3 is 5.32 Å². The molecule has 1 aliphatic carbocycles. The van der Waals surface area contributed by atoms with Crippen LogP contribution in [-0.2, 0) is 0 Å². The molecule has 1 heterocycles. The fourth-order valence-electron chi connectivity index (χ4n) is 3.24. The SMILES string of the molecule is CNCC1CCCC1N1CC(C(C)C)C1. The molecule has 2 nitrogen and oxygen atoms in total. The van der Waals surface area contributed by atoms with Crippen LogP contribution >= 0.6 is 0 Å². The maximum Gasteiger partial charge on any atom is 0.0136 e. The molecule has 0 bridgehead atoms. The van der Waals surface area contributed by atoms with Crippen molar-refractivity contribution in [2.45, 2.75) is 39.2 Å². The maximum atomic E-state index is 3.35. The molecule has 0 aromatic heterocycles. The van der Waals surface area contributed by atoms with Gasteiger partial charge >= 0.3 is 0 Å². The van der Waals surface area contributed by atoms with Crippen molar-refractivity contribution in [2.24, 2.45) is 17.8 Å². The summed E-state index contributed by atoms with van der Waals surface area (Å²) >= 11 is 0. The van der Waals surface area contributed by atoms with Gasteiger partial charge in [-0.05, 0) is 44.2 Å². The van der Waals surface area contributed by atoms with Gasteiger partial charge in [0.1, 0.15) is 0 Å². The lowest BCUT2D eigenvalue weighted by molar-refractivity contribution is 0.0135. The second-order valence-corrected chi connectivity index (χ2v) is 5.77. The van der Waals surface area contributed by atoms with Gasteiger partial charge in [-0.15, -0.1) is 0 Å². The monoisotopic (exact) mass is 210 g/mol. The fraction of sp³-hybridized carbons (Fsp3) is 1.00. The highest BCUT2D eigenvalue weighted by atomic mass is 15.2. The number of hydrogen-bond acceptors (Lipinski definition) is 2. The minimum Gasteiger partial charge on any atom is -0.319 e. The minimum atomic E-state index is 0.880. The average Bonchev–Trinajstić information content (AvgIpc) is 2.50. The number of nitrogens with zero attached hydrogens (tertiary/aromatic N) is 1. The Bertz CT molecular complexity index is 197. The van der Waals surface area contributed by atoms with E-state index < -0.39 is 0 Å². The van der Waals surface area contributed by atoms with Gasteiger partial charge in [0.05, 0.1) is 0 Å². The predicted molar refractivity (Wildman–Crippen MR) is 65.0 cm³/mol. The Morgan fingerprint density at radius 3 is 2.60 bits per heavy atom. The van der Waals surface area contributed by atoms with Gasteiger partial charge in [0.15, 0.2) is 0 Å². The smallest absolute Gasteiger partial charge is 0.0136 e. The zero-order valence-electron chi connectivity index (χ0n) is 10.5. The summed E-state index contributed by atoms with van der Waals surface area (Å²) in [6.07, 6.45) is 4.32. The molecule has 0 aromatic carbocycles. The zero-order chi connectivity index (χ0) is 10.8. The highest BCUT2D eigenvalue weighted by molar-refractivity contribution is 4.93. The fourth-order valence-corrected chi connectivity index (χ4v) is 3.24. The van der Waals surface area contributed by atoms with E-state index in [0.29, 0.717) is 0 Å². The van der Waals surface area contributed by atoms with Gasteiger partial charge in [-0.1, -0.05) is 20.3 Å². The normalized spacial score (nSPS) is 33.6. The Kier molecular flexibility index (Phi) is 3.68. The quantitative estimate of drug-likeness (QED) is 0.763. The van der Waals surface area contributed by atoms with Crippen LogP contribution in [0.1, 0.15) is 33.1 Å². The lowest BCUT2D eigenvalue weighted by atomic mass is 9.85. The number of rotatable bonds is 4. The Morgan fingerprint density at radius 1 is 1.27 bits per heavy atom. The van der Waals surface area contributed by atoms with Gasteiger partial charge in [0.25, 0.3) is 0 Å². The molecule has 15 heavy (non-hydrogen) atoms. The number of hydrogen-bond donors (Lipinski definition) is 1. The first-order chi connectivity index (χ1) is 7.22. The third kappa shape index (κ3) is 2.36. The van der Waals surface area contributed by atoms with Crippen LogP contribution < -0.4 is 5.32 Å². The molecule has 0 radical (unpaired) electrons. The van der Waals surface area contributed by atoms with Crippen molar-refractivity contribution in [3.63, 3.8) is 0 Å². The standard InChI is InChI=1S/C13H26N2/c1-10(2)12-8-15(9-12)13-6-4-5-11(13)7-14-3/h10-14H,4-9H2,1-3H3. The van der Waals surface area contributed by atoms with Gasteiger partial charge in [-0.25, -0.2) is 0 Å². The van der Waals surface area contributed by atoms with E-state index in [4.69, 9.17) is 0 Å². The third-order valence-corrected chi connectivity index (χ3v) is 4.44. The van der Waals surface area contributed by atoms with Crippen molar-refractivity contribution < 1.29 is 0 Å². The van der Waals surface area contributed by atoms with E-state index >= 15 is 0 Å². The largest absolute Gasteiger partial charge is 0.319 e. The van der Waals surface area contributed by atoms with Gasteiger partial charge in [-0.3, -0.25) is 4.90 Å². The van der Waals surface area contributed by atoms with Gasteiger partial charge in [0.2, 0.25) is 0 Å². The summed E-state index contributed by atoms with van der Waals surface area (Å²) < 4.78 is 0. The summed E-state index contributed by atoms with van der Waals surface area (Å²) in [6, 6.07) is 0.896. The van der Waals surface area contributed by atoms with Crippen molar-refractivity contribution in [2.75, 3.05) is 26.7 Å². The Balaban J connectivity index is 1.79. The maximum absolute atomic E-state index is 3.35. The van der Waals surface area contributed by atoms with Crippen LogP contribution in [0.3, 0.4) is 0 Å². The van der Waals surface area contributed by atoms with E-state index in [-0.39, 0.29) is 0 Å². The first kappa shape index (κ1) is 11.4. The zero-order valence-corrected chi connectivity index (χ0v) is 10.5. The second kappa shape index (κ2) is 4.84. The lowest BCUT2D eigenvalue weighted by Crippen LogP contribution is -2.55. The van der Waals surface area contributed by atoms with Crippen molar-refractivity contribution in [3.8, 4) is 0 Å². The molecule has 88 valence electrons. The van der Waals surface area contributed by atoms with E-state index in [1.165, 1.54) is 38.9 Å². The molecule has 1 saturated heterocycles. The summed E-state index contributed by atoms with van der Waals surface area (Å²) in [6.45, 7) is 8.67. The van der Waals surface area contributed by atoms with Crippen LogP contribution in [0.15, 0.2) is 0 Å². The summed E-state index contributed by atoms with van der Waals surface area (Å²) in [4.78, 5) is 2.74. The Hall–Kier alpha value is -0.0800. The van der Waals surface area contributed by atoms with E-state index in [9.17, 15) is 0 Å². The summed E-state index contributed by atoms with van der Waals surface area (Å²) in [5, 5.41) is 3.35. The van der Waals surface area contributed by atoms with Crippen molar-refractivity contribution in [1.82, 2.24) is 10.2 Å². The van der Waals surface area contributed by atoms with Crippen LogP contribution in [-0.4, -0.2) is 37.6 Å². The van der Waals surface area contributed by atoms with E-state index in [1.807, 2.05) is 0 Å². The highest BCUT2D eigenvalue weighted by Crippen LogP contribution is 2.35. The molecule has 2 heteroatoms. The van der Waals surface area contributed by atoms with Crippen molar-refractivity contribution >= 4 is 0 Å². The number of likely N-dealkylation sites (tertiary alicyclic amines) is 1. The molecular weight excluding hydrogens is 184 g/mol. The van der Waals surface area contributed by atoms with Crippen LogP contribution in [0.2, 0.25) is 0 Å². The lowest BCUT2D eigenvalue weighted by Gasteiger charge is -2.47. The molecule has 0 spiro atoms.